The number of carbonyl (C=O) groups excluding carboxylic acids is 1. The van der Waals surface area contributed by atoms with Gasteiger partial charge >= 0.3 is 12.0 Å². The summed E-state index contributed by atoms with van der Waals surface area (Å²) in [4.78, 5) is 24.6. The highest BCUT2D eigenvalue weighted by Crippen LogP contribution is 2.15. The number of amides is 2. The number of carboxylic acid groups (broad SMARTS) is 1. The Bertz CT molecular complexity index is 566. The van der Waals surface area contributed by atoms with Gasteiger partial charge in [-0.25, -0.2) is 4.79 Å². The van der Waals surface area contributed by atoms with Gasteiger partial charge in [-0.15, -0.1) is 0 Å². The number of carboxylic acids is 1. The molecule has 112 valence electrons. The summed E-state index contributed by atoms with van der Waals surface area (Å²) in [6.45, 7) is 3.40. The topological polar surface area (TPSA) is 69.6 Å². The maximum atomic E-state index is 12.2. The molecule has 1 aliphatic rings. The van der Waals surface area contributed by atoms with Crippen LogP contribution in [0.1, 0.15) is 25.3 Å². The van der Waals surface area contributed by atoms with E-state index in [2.05, 4.69) is 11.4 Å². The fraction of sp³-hybridized carbons (Fsp3) is 0.375. The number of urea groups is 1. The number of aliphatic carboxylic acids is 1. The third kappa shape index (κ3) is 4.63. The standard InChI is InChI=1S/C16H20N2O3/c1-12-4-3-9-18(11-12)16(21)17-14-6-2-5-13(10-14)7-8-15(19)20/h2,4-6,10H,3,7-9,11H2,1H3,(H,17,21)(H,19,20). The summed E-state index contributed by atoms with van der Waals surface area (Å²) in [5, 5.41) is 11.6. The maximum absolute atomic E-state index is 12.2. The molecule has 0 atom stereocenters. The number of benzene rings is 1. The molecule has 5 nitrogen and oxygen atoms in total. The summed E-state index contributed by atoms with van der Waals surface area (Å²) in [5.41, 5.74) is 2.81. The highest BCUT2D eigenvalue weighted by atomic mass is 16.4. The molecular weight excluding hydrogens is 268 g/mol. The summed E-state index contributed by atoms with van der Waals surface area (Å²) in [6, 6.07) is 7.22. The molecule has 0 fully saturated rings. The van der Waals surface area contributed by atoms with Crippen molar-refractivity contribution >= 4 is 17.7 Å². The zero-order valence-electron chi connectivity index (χ0n) is 12.1. The van der Waals surface area contributed by atoms with E-state index < -0.39 is 5.97 Å². The summed E-state index contributed by atoms with van der Waals surface area (Å²) in [7, 11) is 0. The Balaban J connectivity index is 1.96. The first-order valence-corrected chi connectivity index (χ1v) is 7.07. The van der Waals surface area contributed by atoms with Crippen LogP contribution in [0.4, 0.5) is 10.5 Å². The van der Waals surface area contributed by atoms with E-state index in [0.29, 0.717) is 18.7 Å². The lowest BCUT2D eigenvalue weighted by Gasteiger charge is -2.26. The first-order chi connectivity index (χ1) is 10.0. The normalized spacial score (nSPS) is 14.5. The average molecular weight is 288 g/mol. The molecule has 0 bridgehead atoms. The molecule has 2 N–H and O–H groups in total. The van der Waals surface area contributed by atoms with Gasteiger partial charge < -0.3 is 15.3 Å². The third-order valence-electron chi connectivity index (χ3n) is 3.43. The number of nitrogens with zero attached hydrogens (tertiary/aromatic N) is 1. The molecule has 1 aliphatic heterocycles. The van der Waals surface area contributed by atoms with Crippen LogP contribution in [0.25, 0.3) is 0 Å². The second kappa shape index (κ2) is 6.92. The van der Waals surface area contributed by atoms with Gasteiger partial charge in [-0.2, -0.15) is 0 Å². The minimum absolute atomic E-state index is 0.0908. The zero-order valence-corrected chi connectivity index (χ0v) is 12.1. The molecule has 21 heavy (non-hydrogen) atoms. The van der Waals surface area contributed by atoms with Gasteiger partial charge in [0, 0.05) is 25.2 Å². The third-order valence-corrected chi connectivity index (χ3v) is 3.43. The van der Waals surface area contributed by atoms with Gasteiger partial charge in [0.2, 0.25) is 0 Å². The molecule has 0 aliphatic carbocycles. The maximum Gasteiger partial charge on any atom is 0.322 e. The summed E-state index contributed by atoms with van der Waals surface area (Å²) in [6.07, 6.45) is 3.59. The smallest absolute Gasteiger partial charge is 0.322 e. The van der Waals surface area contributed by atoms with Crippen molar-refractivity contribution in [3.05, 3.63) is 41.5 Å². The van der Waals surface area contributed by atoms with Crippen molar-refractivity contribution < 1.29 is 14.7 Å². The van der Waals surface area contributed by atoms with Gasteiger partial charge in [-0.3, -0.25) is 4.79 Å². The van der Waals surface area contributed by atoms with Crippen molar-refractivity contribution in [3.8, 4) is 0 Å². The van der Waals surface area contributed by atoms with E-state index in [0.717, 1.165) is 18.5 Å². The van der Waals surface area contributed by atoms with Crippen LogP contribution in [0, 0.1) is 0 Å². The first kappa shape index (κ1) is 15.1. The number of carbonyl (C=O) groups is 2. The van der Waals surface area contributed by atoms with E-state index in [1.807, 2.05) is 31.2 Å². The van der Waals surface area contributed by atoms with Crippen molar-refractivity contribution in [3.63, 3.8) is 0 Å². The molecule has 1 aromatic carbocycles. The van der Waals surface area contributed by atoms with E-state index in [1.54, 1.807) is 4.90 Å². The van der Waals surface area contributed by atoms with Crippen LogP contribution >= 0.6 is 0 Å². The van der Waals surface area contributed by atoms with Crippen molar-refractivity contribution in [1.29, 1.82) is 0 Å². The Kier molecular flexibility index (Phi) is 4.98. The van der Waals surface area contributed by atoms with Crippen molar-refractivity contribution in [2.45, 2.75) is 26.2 Å². The van der Waals surface area contributed by atoms with Gasteiger partial charge in [0.15, 0.2) is 0 Å². The van der Waals surface area contributed by atoms with Crippen molar-refractivity contribution in [2.24, 2.45) is 0 Å². The predicted molar refractivity (Wildman–Crippen MR) is 81.4 cm³/mol. The Morgan fingerprint density at radius 1 is 1.38 bits per heavy atom. The van der Waals surface area contributed by atoms with Gasteiger partial charge in [-0.05, 0) is 37.5 Å². The number of nitrogens with one attached hydrogen (secondary N) is 1. The molecule has 0 radical (unpaired) electrons. The van der Waals surface area contributed by atoms with Crippen LogP contribution < -0.4 is 5.32 Å². The fourth-order valence-corrected chi connectivity index (χ4v) is 2.34. The van der Waals surface area contributed by atoms with Crippen molar-refractivity contribution in [1.82, 2.24) is 4.90 Å². The molecule has 0 unspecified atom stereocenters. The van der Waals surface area contributed by atoms with Gasteiger partial charge in [0.1, 0.15) is 0 Å². The summed E-state index contributed by atoms with van der Waals surface area (Å²) >= 11 is 0. The number of hydrogen-bond donors (Lipinski definition) is 2. The van der Waals surface area contributed by atoms with Crippen LogP contribution in [-0.2, 0) is 11.2 Å². The Morgan fingerprint density at radius 2 is 2.19 bits per heavy atom. The molecule has 1 heterocycles. The van der Waals surface area contributed by atoms with Gasteiger partial charge in [0.25, 0.3) is 0 Å². The highest BCUT2D eigenvalue weighted by molar-refractivity contribution is 5.89. The average Bonchev–Trinajstić information content (AvgIpc) is 2.45. The zero-order chi connectivity index (χ0) is 15.2. The number of anilines is 1. The van der Waals surface area contributed by atoms with E-state index >= 15 is 0 Å². The monoisotopic (exact) mass is 288 g/mol. The Hall–Kier alpha value is -2.30. The lowest BCUT2D eigenvalue weighted by atomic mass is 10.1. The molecule has 0 saturated carbocycles. The molecular formula is C16H20N2O3. The molecule has 1 aromatic rings. The van der Waals surface area contributed by atoms with E-state index in [-0.39, 0.29) is 12.5 Å². The SMILES string of the molecule is CC1=CCCN(C(=O)Nc2cccc(CCC(=O)O)c2)C1. The van der Waals surface area contributed by atoms with Crippen molar-refractivity contribution in [2.75, 3.05) is 18.4 Å². The van der Waals surface area contributed by atoms with Gasteiger partial charge in [0.05, 0.1) is 0 Å². The van der Waals surface area contributed by atoms with E-state index in [1.165, 1.54) is 5.57 Å². The summed E-state index contributed by atoms with van der Waals surface area (Å²) in [5.74, 6) is -0.819. The first-order valence-electron chi connectivity index (χ1n) is 7.07. The Morgan fingerprint density at radius 3 is 2.90 bits per heavy atom. The predicted octanol–water partition coefficient (Wildman–Crippen LogP) is 2.89. The minimum atomic E-state index is -0.819. The van der Waals surface area contributed by atoms with Crippen LogP contribution in [0.2, 0.25) is 0 Å². The van der Waals surface area contributed by atoms with Crippen LogP contribution in [-0.4, -0.2) is 35.1 Å². The molecule has 0 aromatic heterocycles. The Labute approximate surface area is 124 Å². The lowest BCUT2D eigenvalue weighted by molar-refractivity contribution is -0.136. The van der Waals surface area contributed by atoms with Crippen LogP contribution in [0.5, 0.6) is 0 Å². The quantitative estimate of drug-likeness (QED) is 0.837. The largest absolute Gasteiger partial charge is 0.481 e. The second-order valence-electron chi connectivity index (χ2n) is 5.28. The van der Waals surface area contributed by atoms with E-state index in [9.17, 15) is 9.59 Å². The highest BCUT2D eigenvalue weighted by Gasteiger charge is 2.16. The number of rotatable bonds is 4. The molecule has 2 rings (SSSR count). The molecule has 5 heteroatoms. The van der Waals surface area contributed by atoms with Crippen LogP contribution in [0.3, 0.4) is 0 Å². The molecule has 0 spiro atoms. The van der Waals surface area contributed by atoms with E-state index in [4.69, 9.17) is 5.11 Å². The molecule has 2 amide bonds. The number of aryl methyl sites for hydroxylation is 1. The lowest BCUT2D eigenvalue weighted by Crippen LogP contribution is -2.38. The summed E-state index contributed by atoms with van der Waals surface area (Å²) < 4.78 is 0. The van der Waals surface area contributed by atoms with Crippen LogP contribution in [0.15, 0.2) is 35.9 Å². The number of hydrogen-bond acceptors (Lipinski definition) is 2. The molecule has 0 saturated heterocycles. The fourth-order valence-electron chi connectivity index (χ4n) is 2.34. The van der Waals surface area contributed by atoms with Gasteiger partial charge in [-0.1, -0.05) is 23.8 Å². The second-order valence-corrected chi connectivity index (χ2v) is 5.28. The minimum Gasteiger partial charge on any atom is -0.481 e.